The molecule has 0 aromatic heterocycles. The van der Waals surface area contributed by atoms with Crippen molar-refractivity contribution < 1.29 is 33.7 Å². The van der Waals surface area contributed by atoms with E-state index in [4.69, 9.17) is 14.6 Å². The Morgan fingerprint density at radius 3 is 2.45 bits per heavy atom. The number of hydrogen-bond acceptors (Lipinski definition) is 6. The fourth-order valence-electron chi connectivity index (χ4n) is 3.49. The normalized spacial score (nSPS) is 17.9. The highest BCUT2D eigenvalue weighted by Gasteiger charge is 2.46. The summed E-state index contributed by atoms with van der Waals surface area (Å²) < 4.78 is 25.3. The molecular weight excluding hydrogens is 405 g/mol. The van der Waals surface area contributed by atoms with E-state index >= 15 is 0 Å². The molecule has 1 heterocycles. The molecule has 1 atom stereocenters. The Kier molecular flexibility index (Phi) is 7.38. The number of ether oxygens (including phenoxy) is 2. The molecule has 1 amide bonds. The zero-order chi connectivity index (χ0) is 22.4. The average molecular weight is 429 g/mol. The van der Waals surface area contributed by atoms with Gasteiger partial charge in [0.05, 0.1) is 38.0 Å². The lowest BCUT2D eigenvalue weighted by atomic mass is 9.95. The summed E-state index contributed by atoms with van der Waals surface area (Å²) in [5.74, 6) is -2.16. The number of halogens is 1. The minimum absolute atomic E-state index is 0.0103. The van der Waals surface area contributed by atoms with Gasteiger partial charge in [-0.25, -0.2) is 4.39 Å². The number of rotatable bonds is 9. The monoisotopic (exact) mass is 429 g/mol. The van der Waals surface area contributed by atoms with E-state index in [9.17, 15) is 19.1 Å². The molecule has 3 rings (SSSR count). The van der Waals surface area contributed by atoms with Gasteiger partial charge in [0.2, 0.25) is 0 Å². The first-order valence-electron chi connectivity index (χ1n) is 9.94. The van der Waals surface area contributed by atoms with Crippen molar-refractivity contribution in [1.82, 2.24) is 4.90 Å². The van der Waals surface area contributed by atoms with Gasteiger partial charge in [0.15, 0.2) is 0 Å². The molecular formula is C23H24FNO6. The van der Waals surface area contributed by atoms with E-state index in [1.54, 1.807) is 30.3 Å². The summed E-state index contributed by atoms with van der Waals surface area (Å²) in [6, 6.07) is 11.1. The van der Waals surface area contributed by atoms with Crippen molar-refractivity contribution in [2.24, 2.45) is 0 Å². The Balaban J connectivity index is 2.05. The van der Waals surface area contributed by atoms with Crippen LogP contribution in [0.3, 0.4) is 0 Å². The quantitative estimate of drug-likeness (QED) is 0.275. The van der Waals surface area contributed by atoms with Gasteiger partial charge in [-0.3, -0.25) is 9.59 Å². The molecule has 0 radical (unpaired) electrons. The molecule has 0 bridgehead atoms. The lowest BCUT2D eigenvalue weighted by molar-refractivity contribution is -0.140. The number of carbonyl (C=O) groups excluding carboxylic acids is 2. The first kappa shape index (κ1) is 22.5. The van der Waals surface area contributed by atoms with Crippen molar-refractivity contribution in [1.29, 1.82) is 0 Å². The van der Waals surface area contributed by atoms with Gasteiger partial charge >= 0.3 is 0 Å². The fourth-order valence-corrected chi connectivity index (χ4v) is 3.49. The van der Waals surface area contributed by atoms with Crippen molar-refractivity contribution >= 4 is 17.4 Å². The molecule has 1 aliphatic heterocycles. The largest absolute Gasteiger partial charge is 0.507 e. The molecule has 1 fully saturated rings. The van der Waals surface area contributed by atoms with Crippen LogP contribution in [0.15, 0.2) is 54.1 Å². The van der Waals surface area contributed by atoms with Crippen molar-refractivity contribution in [3.8, 4) is 5.75 Å². The first-order chi connectivity index (χ1) is 15.0. The number of ketones is 1. The van der Waals surface area contributed by atoms with E-state index in [0.29, 0.717) is 17.9 Å². The summed E-state index contributed by atoms with van der Waals surface area (Å²) in [4.78, 5) is 26.8. The van der Waals surface area contributed by atoms with Gasteiger partial charge in [0.25, 0.3) is 11.7 Å². The van der Waals surface area contributed by atoms with Crippen LogP contribution in [0.2, 0.25) is 0 Å². The van der Waals surface area contributed by atoms with E-state index in [2.05, 4.69) is 0 Å². The highest BCUT2D eigenvalue weighted by atomic mass is 19.1. The van der Waals surface area contributed by atoms with Crippen LogP contribution in [-0.2, 0) is 14.3 Å². The molecule has 31 heavy (non-hydrogen) atoms. The minimum Gasteiger partial charge on any atom is -0.507 e. The number of aliphatic hydroxyl groups excluding tert-OH is 2. The Labute approximate surface area is 179 Å². The zero-order valence-corrected chi connectivity index (χ0v) is 17.1. The maximum atomic E-state index is 14.7. The van der Waals surface area contributed by atoms with E-state index in [0.717, 1.165) is 0 Å². The number of benzene rings is 2. The Morgan fingerprint density at radius 1 is 1.10 bits per heavy atom. The summed E-state index contributed by atoms with van der Waals surface area (Å²) in [5, 5.41) is 19.8. The highest BCUT2D eigenvalue weighted by Crippen LogP contribution is 2.40. The third-order valence-corrected chi connectivity index (χ3v) is 4.89. The topological polar surface area (TPSA) is 96.3 Å². The minimum atomic E-state index is -1.11. The van der Waals surface area contributed by atoms with E-state index in [1.807, 2.05) is 6.92 Å². The third kappa shape index (κ3) is 4.76. The van der Waals surface area contributed by atoms with Crippen LogP contribution in [0.4, 0.5) is 4.39 Å². The van der Waals surface area contributed by atoms with Crippen LogP contribution in [0, 0.1) is 5.82 Å². The molecule has 2 aromatic rings. The van der Waals surface area contributed by atoms with Gasteiger partial charge in [0, 0.05) is 17.7 Å². The van der Waals surface area contributed by atoms with Crippen molar-refractivity contribution in [2.75, 3.05) is 33.0 Å². The van der Waals surface area contributed by atoms with Gasteiger partial charge in [-0.05, 0) is 37.3 Å². The third-order valence-electron chi connectivity index (χ3n) is 4.89. The number of hydrogen-bond donors (Lipinski definition) is 2. The van der Waals surface area contributed by atoms with Gasteiger partial charge < -0.3 is 24.6 Å². The Bertz CT molecular complexity index is 972. The van der Waals surface area contributed by atoms with Crippen molar-refractivity contribution in [3.05, 3.63) is 71.0 Å². The SMILES string of the molecule is CCOc1ccc(C(O)=C2C(=O)C(=O)N(CCOCCO)C2c2ccccc2F)cc1. The van der Waals surface area contributed by atoms with Crippen LogP contribution < -0.4 is 4.74 Å². The number of Topliss-reactive ketones (excluding diaryl/α,β-unsaturated/α-hetero) is 1. The number of amides is 1. The second-order valence-electron chi connectivity index (χ2n) is 6.81. The smallest absolute Gasteiger partial charge is 0.295 e. The summed E-state index contributed by atoms with van der Waals surface area (Å²) in [5.41, 5.74) is 0.206. The lowest BCUT2D eigenvalue weighted by Crippen LogP contribution is -2.33. The number of carbonyl (C=O) groups is 2. The molecule has 164 valence electrons. The Hall–Kier alpha value is -3.23. The fraction of sp³-hybridized carbons (Fsp3) is 0.304. The summed E-state index contributed by atoms with van der Waals surface area (Å²) in [6.45, 7) is 2.23. The van der Waals surface area contributed by atoms with E-state index in [1.165, 1.54) is 23.1 Å². The maximum Gasteiger partial charge on any atom is 0.295 e. The molecule has 1 unspecified atom stereocenters. The number of nitrogens with zero attached hydrogens (tertiary/aromatic N) is 1. The Morgan fingerprint density at radius 2 is 1.81 bits per heavy atom. The average Bonchev–Trinajstić information content (AvgIpc) is 3.02. The lowest BCUT2D eigenvalue weighted by Gasteiger charge is -2.25. The van der Waals surface area contributed by atoms with Crippen molar-refractivity contribution in [3.63, 3.8) is 0 Å². The van der Waals surface area contributed by atoms with Crippen LogP contribution in [0.25, 0.3) is 5.76 Å². The zero-order valence-electron chi connectivity index (χ0n) is 17.1. The predicted octanol–water partition coefficient (Wildman–Crippen LogP) is 2.66. The number of aliphatic hydroxyl groups is 2. The van der Waals surface area contributed by atoms with Gasteiger partial charge in [-0.2, -0.15) is 0 Å². The highest BCUT2D eigenvalue weighted by molar-refractivity contribution is 6.46. The molecule has 0 aliphatic carbocycles. The van der Waals surface area contributed by atoms with Crippen LogP contribution in [-0.4, -0.2) is 59.8 Å². The molecule has 2 aromatic carbocycles. The van der Waals surface area contributed by atoms with E-state index < -0.39 is 29.3 Å². The van der Waals surface area contributed by atoms with E-state index in [-0.39, 0.29) is 37.5 Å². The summed E-state index contributed by atoms with van der Waals surface area (Å²) in [6.07, 6.45) is 0. The molecule has 1 saturated heterocycles. The molecule has 2 N–H and O–H groups in total. The molecule has 0 saturated carbocycles. The predicted molar refractivity (Wildman–Crippen MR) is 111 cm³/mol. The first-order valence-corrected chi connectivity index (χ1v) is 9.94. The second-order valence-corrected chi connectivity index (χ2v) is 6.81. The standard InChI is InChI=1S/C23H24FNO6/c1-2-31-16-9-7-15(8-10-16)21(27)19-20(17-5-3-4-6-18(17)24)25(23(29)22(19)28)11-13-30-14-12-26/h3-10,20,26-27H,2,11-14H2,1H3. The molecule has 0 spiro atoms. The van der Waals surface area contributed by atoms with Gasteiger partial charge in [-0.1, -0.05) is 18.2 Å². The van der Waals surface area contributed by atoms with Crippen LogP contribution in [0.5, 0.6) is 5.75 Å². The van der Waals surface area contributed by atoms with Crippen molar-refractivity contribution in [2.45, 2.75) is 13.0 Å². The maximum absolute atomic E-state index is 14.7. The van der Waals surface area contributed by atoms with Gasteiger partial charge in [0.1, 0.15) is 17.3 Å². The molecule has 8 heteroatoms. The van der Waals surface area contributed by atoms with Crippen LogP contribution in [0.1, 0.15) is 24.1 Å². The van der Waals surface area contributed by atoms with Gasteiger partial charge in [-0.15, -0.1) is 0 Å². The molecule has 1 aliphatic rings. The van der Waals surface area contributed by atoms with Crippen LogP contribution >= 0.6 is 0 Å². The summed E-state index contributed by atoms with van der Waals surface area (Å²) in [7, 11) is 0. The second kappa shape index (κ2) is 10.2. The summed E-state index contributed by atoms with van der Waals surface area (Å²) >= 11 is 0. The molecule has 7 nitrogen and oxygen atoms in total. The number of likely N-dealkylation sites (tertiary alicyclic amines) is 1.